The van der Waals surface area contributed by atoms with Crippen LogP contribution in [0.2, 0.25) is 5.02 Å². The Morgan fingerprint density at radius 2 is 2.00 bits per heavy atom. The number of halogens is 1. The van der Waals surface area contributed by atoms with Gasteiger partial charge >= 0.3 is 5.97 Å². The molecule has 0 spiro atoms. The van der Waals surface area contributed by atoms with Crippen molar-refractivity contribution >= 4 is 23.5 Å². The number of hydrogen-bond donors (Lipinski definition) is 1. The second kappa shape index (κ2) is 7.88. The van der Waals surface area contributed by atoms with Gasteiger partial charge in [0.15, 0.2) is 11.5 Å². The highest BCUT2D eigenvalue weighted by atomic mass is 35.5. The van der Waals surface area contributed by atoms with Crippen molar-refractivity contribution in [2.75, 3.05) is 7.11 Å². The van der Waals surface area contributed by atoms with E-state index in [1.54, 1.807) is 36.4 Å². The quantitative estimate of drug-likeness (QED) is 0.662. The summed E-state index contributed by atoms with van der Waals surface area (Å²) in [6, 6.07) is 11.1. The second-order valence-corrected chi connectivity index (χ2v) is 5.85. The van der Waals surface area contributed by atoms with Gasteiger partial charge in [-0.25, -0.2) is 0 Å². The van der Waals surface area contributed by atoms with Gasteiger partial charge in [0.2, 0.25) is 5.76 Å². The van der Waals surface area contributed by atoms with E-state index in [2.05, 4.69) is 10.5 Å². The zero-order valence-electron chi connectivity index (χ0n) is 13.8. The summed E-state index contributed by atoms with van der Waals surface area (Å²) in [7, 11) is 1.29. The lowest BCUT2D eigenvalue weighted by Gasteiger charge is -2.17. The van der Waals surface area contributed by atoms with E-state index in [9.17, 15) is 9.59 Å². The summed E-state index contributed by atoms with van der Waals surface area (Å²) in [6.45, 7) is 0. The highest BCUT2D eigenvalue weighted by Crippen LogP contribution is 2.23. The van der Waals surface area contributed by atoms with Crippen LogP contribution in [-0.2, 0) is 9.53 Å². The molecular formula is C18H15ClN2O5. The van der Waals surface area contributed by atoms with Crippen molar-refractivity contribution in [1.82, 2.24) is 10.5 Å². The number of methoxy groups -OCH3 is 1. The van der Waals surface area contributed by atoms with Crippen LogP contribution in [0.15, 0.2) is 57.7 Å². The van der Waals surface area contributed by atoms with E-state index < -0.39 is 17.9 Å². The third kappa shape index (κ3) is 4.12. The average molecular weight is 375 g/mol. The van der Waals surface area contributed by atoms with E-state index in [0.717, 1.165) is 0 Å². The predicted octanol–water partition coefficient (Wildman–Crippen LogP) is 3.62. The molecule has 1 aromatic carbocycles. The van der Waals surface area contributed by atoms with Gasteiger partial charge in [-0.05, 0) is 29.8 Å². The molecular weight excluding hydrogens is 360 g/mol. The molecule has 1 unspecified atom stereocenters. The minimum absolute atomic E-state index is 0.0350. The normalized spacial score (nSPS) is 11.8. The lowest BCUT2D eigenvalue weighted by molar-refractivity contribution is -0.141. The number of amides is 1. The Morgan fingerprint density at radius 1 is 1.23 bits per heavy atom. The highest BCUT2D eigenvalue weighted by molar-refractivity contribution is 6.30. The van der Waals surface area contributed by atoms with Crippen LogP contribution in [0, 0.1) is 0 Å². The monoisotopic (exact) mass is 374 g/mol. The maximum absolute atomic E-state index is 12.5. The number of esters is 1. The first-order valence-electron chi connectivity index (χ1n) is 7.70. The molecule has 0 saturated carbocycles. The van der Waals surface area contributed by atoms with Gasteiger partial charge in [0, 0.05) is 11.1 Å². The minimum atomic E-state index is -0.601. The molecule has 0 radical (unpaired) electrons. The van der Waals surface area contributed by atoms with Crippen molar-refractivity contribution in [3.8, 4) is 11.5 Å². The molecule has 134 valence electrons. The van der Waals surface area contributed by atoms with E-state index in [0.29, 0.717) is 22.1 Å². The Hall–Kier alpha value is -3.06. The van der Waals surface area contributed by atoms with E-state index >= 15 is 0 Å². The van der Waals surface area contributed by atoms with Crippen molar-refractivity contribution in [2.24, 2.45) is 0 Å². The molecule has 0 aliphatic heterocycles. The van der Waals surface area contributed by atoms with Gasteiger partial charge in [-0.3, -0.25) is 9.59 Å². The van der Waals surface area contributed by atoms with Crippen LogP contribution in [0.1, 0.15) is 28.5 Å². The largest absolute Gasteiger partial charge is 0.469 e. The van der Waals surface area contributed by atoms with Crippen molar-refractivity contribution in [3.05, 3.63) is 65.0 Å². The number of carbonyl (C=O) groups excluding carboxylic acids is 2. The van der Waals surface area contributed by atoms with Gasteiger partial charge in [0.05, 0.1) is 25.8 Å². The molecule has 1 atom stereocenters. The standard InChI is InChI=1S/C18H15ClN2O5/c1-24-17(22)10-13(11-4-6-12(19)7-5-11)20-18(23)14-9-16(26-21-14)15-3-2-8-25-15/h2-9,13H,10H2,1H3,(H,20,23). The SMILES string of the molecule is COC(=O)CC(NC(=O)c1cc(-c2ccco2)on1)c1ccc(Cl)cc1. The van der Waals surface area contributed by atoms with Gasteiger partial charge in [0.25, 0.3) is 5.91 Å². The Bertz CT molecular complexity index is 887. The van der Waals surface area contributed by atoms with Crippen LogP contribution in [0.3, 0.4) is 0 Å². The zero-order chi connectivity index (χ0) is 18.5. The Labute approximate surface area is 153 Å². The van der Waals surface area contributed by atoms with E-state index in [1.165, 1.54) is 19.4 Å². The number of hydrogen-bond acceptors (Lipinski definition) is 6. The van der Waals surface area contributed by atoms with Crippen molar-refractivity contribution in [3.63, 3.8) is 0 Å². The summed E-state index contributed by atoms with van der Waals surface area (Å²) in [5.74, 6) is -0.159. The third-order valence-corrected chi connectivity index (χ3v) is 3.93. The topological polar surface area (TPSA) is 94.6 Å². The summed E-state index contributed by atoms with van der Waals surface area (Å²) in [5.41, 5.74) is 0.781. The maximum Gasteiger partial charge on any atom is 0.307 e. The first-order chi connectivity index (χ1) is 12.6. The maximum atomic E-state index is 12.5. The van der Waals surface area contributed by atoms with Gasteiger partial charge < -0.3 is 19.0 Å². The van der Waals surface area contributed by atoms with Crippen molar-refractivity contribution < 1.29 is 23.3 Å². The molecule has 26 heavy (non-hydrogen) atoms. The molecule has 3 rings (SSSR count). The number of benzene rings is 1. The lowest BCUT2D eigenvalue weighted by Crippen LogP contribution is -2.30. The fraction of sp³-hybridized carbons (Fsp3) is 0.167. The summed E-state index contributed by atoms with van der Waals surface area (Å²) in [4.78, 5) is 24.2. The van der Waals surface area contributed by atoms with Gasteiger partial charge in [-0.15, -0.1) is 0 Å². The molecule has 0 saturated heterocycles. The Balaban J connectivity index is 1.78. The van der Waals surface area contributed by atoms with Crippen LogP contribution in [-0.4, -0.2) is 24.1 Å². The molecule has 0 fully saturated rings. The lowest BCUT2D eigenvalue weighted by atomic mass is 10.0. The number of nitrogens with one attached hydrogen (secondary N) is 1. The average Bonchev–Trinajstić information content (AvgIpc) is 3.33. The fourth-order valence-corrected chi connectivity index (χ4v) is 2.47. The molecule has 0 aliphatic carbocycles. The summed E-state index contributed by atoms with van der Waals surface area (Å²) < 4.78 is 15.0. The fourth-order valence-electron chi connectivity index (χ4n) is 2.35. The van der Waals surface area contributed by atoms with Crippen molar-refractivity contribution in [1.29, 1.82) is 0 Å². The van der Waals surface area contributed by atoms with E-state index in [1.807, 2.05) is 0 Å². The second-order valence-electron chi connectivity index (χ2n) is 5.41. The number of rotatable bonds is 6. The molecule has 1 amide bonds. The first-order valence-corrected chi connectivity index (χ1v) is 8.08. The molecule has 3 aromatic rings. The summed E-state index contributed by atoms with van der Waals surface area (Å²) >= 11 is 5.89. The van der Waals surface area contributed by atoms with Gasteiger partial charge in [-0.1, -0.05) is 28.9 Å². The van der Waals surface area contributed by atoms with Crippen LogP contribution < -0.4 is 5.32 Å². The predicted molar refractivity (Wildman–Crippen MR) is 92.5 cm³/mol. The number of furan rings is 1. The van der Waals surface area contributed by atoms with Crippen LogP contribution in [0.4, 0.5) is 0 Å². The van der Waals surface area contributed by atoms with Crippen LogP contribution in [0.5, 0.6) is 0 Å². The minimum Gasteiger partial charge on any atom is -0.469 e. The summed E-state index contributed by atoms with van der Waals surface area (Å²) in [6.07, 6.45) is 1.46. The molecule has 8 heteroatoms. The summed E-state index contributed by atoms with van der Waals surface area (Å²) in [5, 5.41) is 7.06. The molecule has 0 aliphatic rings. The van der Waals surface area contributed by atoms with E-state index in [-0.39, 0.29) is 12.1 Å². The molecule has 2 heterocycles. The van der Waals surface area contributed by atoms with Gasteiger partial charge in [-0.2, -0.15) is 0 Å². The number of carbonyl (C=O) groups is 2. The first kappa shape index (κ1) is 17.8. The molecule has 1 N–H and O–H groups in total. The Morgan fingerprint density at radius 3 is 2.65 bits per heavy atom. The van der Waals surface area contributed by atoms with Crippen molar-refractivity contribution in [2.45, 2.75) is 12.5 Å². The number of ether oxygens (including phenoxy) is 1. The molecule has 7 nitrogen and oxygen atoms in total. The zero-order valence-corrected chi connectivity index (χ0v) is 14.5. The number of nitrogens with zero attached hydrogens (tertiary/aromatic N) is 1. The third-order valence-electron chi connectivity index (χ3n) is 3.68. The molecule has 2 aromatic heterocycles. The number of aromatic nitrogens is 1. The van der Waals surface area contributed by atoms with Crippen LogP contribution in [0.25, 0.3) is 11.5 Å². The Kier molecular flexibility index (Phi) is 5.38. The van der Waals surface area contributed by atoms with Crippen LogP contribution >= 0.6 is 11.6 Å². The smallest absolute Gasteiger partial charge is 0.307 e. The van der Waals surface area contributed by atoms with Gasteiger partial charge in [0.1, 0.15) is 0 Å². The molecule has 0 bridgehead atoms. The highest BCUT2D eigenvalue weighted by Gasteiger charge is 2.22. The van der Waals surface area contributed by atoms with E-state index in [4.69, 9.17) is 25.3 Å².